The number of rotatable bonds is 3. The molecule has 1 aliphatic rings. The second-order valence-corrected chi connectivity index (χ2v) is 9.63. The number of fused-ring (bicyclic) bond motifs is 1. The van der Waals surface area contributed by atoms with E-state index in [2.05, 4.69) is 11.1 Å². The fourth-order valence-corrected chi connectivity index (χ4v) is 5.25. The van der Waals surface area contributed by atoms with Crippen LogP contribution < -0.4 is 0 Å². The molecule has 0 saturated carbocycles. The quantitative estimate of drug-likeness (QED) is 0.368. The van der Waals surface area contributed by atoms with Crippen LogP contribution in [0.2, 0.25) is 5.02 Å². The van der Waals surface area contributed by atoms with Crippen molar-refractivity contribution in [2.45, 2.75) is 25.7 Å². The number of hydrogen-bond acceptors (Lipinski definition) is 4. The summed E-state index contributed by atoms with van der Waals surface area (Å²) in [5, 5.41) is 1.72. The average molecular weight is 448 g/mol. The zero-order valence-electron chi connectivity index (χ0n) is 17.2. The Labute approximate surface area is 190 Å². The number of thiazole rings is 1. The number of benzene rings is 2. The molecule has 0 aliphatic carbocycles. The van der Waals surface area contributed by atoms with Crippen molar-refractivity contribution in [3.05, 3.63) is 82.0 Å². The predicted molar refractivity (Wildman–Crippen MR) is 127 cm³/mol. The van der Waals surface area contributed by atoms with Gasteiger partial charge in [-0.3, -0.25) is 9.78 Å². The smallest absolute Gasteiger partial charge is 0.253 e. The topological polar surface area (TPSA) is 46.1 Å². The van der Waals surface area contributed by atoms with Gasteiger partial charge >= 0.3 is 0 Å². The highest BCUT2D eigenvalue weighted by Crippen LogP contribution is 2.30. The average Bonchev–Trinajstić information content (AvgIpc) is 3.18. The maximum Gasteiger partial charge on any atom is 0.253 e. The molecule has 4 aromatic rings. The molecule has 1 atom stereocenters. The number of halogens is 1. The first-order valence-electron chi connectivity index (χ1n) is 10.5. The van der Waals surface area contributed by atoms with Crippen molar-refractivity contribution in [2.75, 3.05) is 13.1 Å². The summed E-state index contributed by atoms with van der Waals surface area (Å²) in [6.07, 6.45) is 2.00. The number of hydrogen-bond donors (Lipinski definition) is 0. The third-order valence-corrected chi connectivity index (χ3v) is 6.95. The highest BCUT2D eigenvalue weighted by molar-refractivity contribution is 7.18. The summed E-state index contributed by atoms with van der Waals surface area (Å²) in [7, 11) is 0. The van der Waals surface area contributed by atoms with Crippen molar-refractivity contribution in [2.24, 2.45) is 0 Å². The number of carbonyl (C=O) groups excluding carboxylic acids is 1. The Morgan fingerprint density at radius 2 is 1.97 bits per heavy atom. The zero-order chi connectivity index (χ0) is 21.4. The van der Waals surface area contributed by atoms with Crippen molar-refractivity contribution < 1.29 is 4.79 Å². The number of carbonyl (C=O) groups is 1. The Morgan fingerprint density at radius 1 is 1.10 bits per heavy atom. The van der Waals surface area contributed by atoms with Gasteiger partial charge in [0.05, 0.1) is 20.9 Å². The third kappa shape index (κ3) is 4.21. The van der Waals surface area contributed by atoms with Crippen molar-refractivity contribution in [1.29, 1.82) is 0 Å². The van der Waals surface area contributed by atoms with Crippen LogP contribution in [-0.2, 0) is 0 Å². The van der Waals surface area contributed by atoms with Crippen LogP contribution in [0.1, 0.15) is 39.8 Å². The fraction of sp³-hybridized carbons (Fsp3) is 0.240. The summed E-state index contributed by atoms with van der Waals surface area (Å²) in [4.78, 5) is 24.6. The Morgan fingerprint density at radius 3 is 2.84 bits per heavy atom. The first-order valence-corrected chi connectivity index (χ1v) is 11.7. The molecule has 2 aromatic heterocycles. The van der Waals surface area contributed by atoms with E-state index in [1.54, 1.807) is 11.3 Å². The molecule has 0 spiro atoms. The third-order valence-electron chi connectivity index (χ3n) is 5.76. The first kappa shape index (κ1) is 20.2. The zero-order valence-corrected chi connectivity index (χ0v) is 18.8. The van der Waals surface area contributed by atoms with E-state index in [1.807, 2.05) is 66.4 Å². The molecule has 0 N–H and O–H groups in total. The molecule has 6 heteroatoms. The Bertz CT molecular complexity index is 1270. The van der Waals surface area contributed by atoms with Crippen LogP contribution >= 0.6 is 22.9 Å². The van der Waals surface area contributed by atoms with Gasteiger partial charge in [0.15, 0.2) is 0 Å². The minimum Gasteiger partial charge on any atom is -0.338 e. The predicted octanol–water partition coefficient (Wildman–Crippen LogP) is 6.34. The molecule has 1 fully saturated rings. The van der Waals surface area contributed by atoms with E-state index in [0.717, 1.165) is 51.6 Å². The molecule has 0 unspecified atom stereocenters. The minimum absolute atomic E-state index is 0.0725. The van der Waals surface area contributed by atoms with E-state index < -0.39 is 0 Å². The highest BCUT2D eigenvalue weighted by atomic mass is 35.5. The number of amides is 1. The van der Waals surface area contributed by atoms with E-state index in [-0.39, 0.29) is 11.8 Å². The van der Waals surface area contributed by atoms with Crippen LogP contribution in [0.4, 0.5) is 0 Å². The summed E-state index contributed by atoms with van der Waals surface area (Å²) < 4.78 is 1.12. The van der Waals surface area contributed by atoms with E-state index in [9.17, 15) is 4.79 Å². The Balaban J connectivity index is 1.37. The van der Waals surface area contributed by atoms with Gasteiger partial charge in [0.25, 0.3) is 5.91 Å². The van der Waals surface area contributed by atoms with E-state index >= 15 is 0 Å². The molecule has 3 heterocycles. The molecular formula is C25H22ClN3OS. The van der Waals surface area contributed by atoms with Crippen LogP contribution in [0.25, 0.3) is 21.5 Å². The maximum atomic E-state index is 13.2. The van der Waals surface area contributed by atoms with Gasteiger partial charge in [-0.25, -0.2) is 4.98 Å². The van der Waals surface area contributed by atoms with Crippen LogP contribution in [0.15, 0.2) is 60.7 Å². The molecule has 0 bridgehead atoms. The molecule has 1 amide bonds. The van der Waals surface area contributed by atoms with Gasteiger partial charge < -0.3 is 4.90 Å². The van der Waals surface area contributed by atoms with Gasteiger partial charge in [0.1, 0.15) is 0 Å². The van der Waals surface area contributed by atoms with Crippen LogP contribution in [0, 0.1) is 6.92 Å². The summed E-state index contributed by atoms with van der Waals surface area (Å²) in [5.74, 6) is 0.297. The molecule has 31 heavy (non-hydrogen) atoms. The molecule has 0 radical (unpaired) electrons. The summed E-state index contributed by atoms with van der Waals surface area (Å²) in [6, 6.07) is 19.7. The van der Waals surface area contributed by atoms with Crippen LogP contribution in [0.3, 0.4) is 0 Å². The van der Waals surface area contributed by atoms with Crippen molar-refractivity contribution in [3.8, 4) is 11.3 Å². The van der Waals surface area contributed by atoms with Crippen LogP contribution in [-0.4, -0.2) is 33.9 Å². The van der Waals surface area contributed by atoms with Gasteiger partial charge in [-0.1, -0.05) is 29.8 Å². The maximum absolute atomic E-state index is 13.2. The lowest BCUT2D eigenvalue weighted by molar-refractivity contribution is 0.0706. The molecule has 156 valence electrons. The van der Waals surface area contributed by atoms with Gasteiger partial charge in [-0.2, -0.15) is 0 Å². The standard InChI is InChI=1S/C25H22ClN3OS/c1-16-27-23-14-18(10-11-24(23)31-16)25(30)29-12-4-6-19(15-29)22-9-3-8-21(28-22)17-5-2-7-20(26)13-17/h2-3,5,7-11,13-14,19H,4,6,12,15H2,1H3/t19-/m1/s1. The normalized spacial score (nSPS) is 16.6. The van der Waals surface area contributed by atoms with E-state index in [4.69, 9.17) is 16.6 Å². The number of likely N-dealkylation sites (tertiary alicyclic amines) is 1. The Kier molecular flexibility index (Phi) is 5.47. The SMILES string of the molecule is Cc1nc2cc(C(=O)N3CCC[C@@H](c4cccc(-c5cccc(Cl)c5)n4)C3)ccc2s1. The molecule has 4 nitrogen and oxygen atoms in total. The first-order chi connectivity index (χ1) is 15.1. The lowest BCUT2D eigenvalue weighted by atomic mass is 9.93. The van der Waals surface area contributed by atoms with Gasteiger partial charge in [-0.15, -0.1) is 11.3 Å². The number of piperidine rings is 1. The number of pyridine rings is 1. The molecule has 1 aliphatic heterocycles. The minimum atomic E-state index is 0.0725. The summed E-state index contributed by atoms with van der Waals surface area (Å²) in [5.41, 5.74) is 4.55. The number of nitrogens with zero attached hydrogens (tertiary/aromatic N) is 3. The second kappa shape index (κ2) is 8.40. The molecule has 1 saturated heterocycles. The van der Waals surface area contributed by atoms with E-state index in [0.29, 0.717) is 17.1 Å². The number of aromatic nitrogens is 2. The number of aryl methyl sites for hydroxylation is 1. The lowest BCUT2D eigenvalue weighted by Gasteiger charge is -2.32. The Hall–Kier alpha value is -2.76. The second-order valence-electron chi connectivity index (χ2n) is 7.96. The van der Waals surface area contributed by atoms with Crippen molar-refractivity contribution in [3.63, 3.8) is 0 Å². The molecule has 5 rings (SSSR count). The highest BCUT2D eigenvalue weighted by Gasteiger charge is 2.26. The van der Waals surface area contributed by atoms with Gasteiger partial charge in [0, 0.05) is 40.9 Å². The fourth-order valence-electron chi connectivity index (χ4n) is 4.25. The van der Waals surface area contributed by atoms with Gasteiger partial charge in [0.2, 0.25) is 0 Å². The summed E-state index contributed by atoms with van der Waals surface area (Å²) >= 11 is 7.81. The summed E-state index contributed by atoms with van der Waals surface area (Å²) in [6.45, 7) is 3.45. The monoisotopic (exact) mass is 447 g/mol. The van der Waals surface area contributed by atoms with Crippen molar-refractivity contribution >= 4 is 39.1 Å². The van der Waals surface area contributed by atoms with E-state index in [1.165, 1.54) is 0 Å². The van der Waals surface area contributed by atoms with Crippen molar-refractivity contribution in [1.82, 2.24) is 14.9 Å². The largest absolute Gasteiger partial charge is 0.338 e. The van der Waals surface area contributed by atoms with Crippen LogP contribution in [0.5, 0.6) is 0 Å². The lowest BCUT2D eigenvalue weighted by Crippen LogP contribution is -2.39. The molecule has 2 aromatic carbocycles. The molecular weight excluding hydrogens is 426 g/mol. The van der Waals surface area contributed by atoms with Gasteiger partial charge in [-0.05, 0) is 62.2 Å².